The number of anilines is 2. The van der Waals surface area contributed by atoms with Crippen molar-refractivity contribution < 1.29 is 4.42 Å². The van der Waals surface area contributed by atoms with Crippen LogP contribution in [0.3, 0.4) is 0 Å². The summed E-state index contributed by atoms with van der Waals surface area (Å²) in [4.78, 5) is 6.49. The lowest BCUT2D eigenvalue weighted by atomic mass is 9.98. The second-order valence-electron chi connectivity index (χ2n) is 4.21. The lowest BCUT2D eigenvalue weighted by Gasteiger charge is -2.30. The van der Waals surface area contributed by atoms with E-state index < -0.39 is 0 Å². The van der Waals surface area contributed by atoms with Gasteiger partial charge in [-0.05, 0) is 12.8 Å². The van der Waals surface area contributed by atoms with Crippen LogP contribution < -0.4 is 10.6 Å². The average molecular weight is 286 g/mol. The zero-order chi connectivity index (χ0) is 12.5. The van der Waals surface area contributed by atoms with Gasteiger partial charge >= 0.3 is 6.01 Å². The third kappa shape index (κ3) is 2.28. The van der Waals surface area contributed by atoms with Crippen molar-refractivity contribution in [3.63, 3.8) is 0 Å². The van der Waals surface area contributed by atoms with Crippen LogP contribution in [-0.4, -0.2) is 28.3 Å². The van der Waals surface area contributed by atoms with Gasteiger partial charge in [-0.3, -0.25) is 0 Å². The van der Waals surface area contributed by atoms with Crippen molar-refractivity contribution in [1.29, 1.82) is 0 Å². The molecular weight excluding hydrogens is 274 g/mol. The molecule has 1 atom stereocenters. The van der Waals surface area contributed by atoms with Crippen molar-refractivity contribution in [2.75, 3.05) is 23.7 Å². The van der Waals surface area contributed by atoms with Crippen LogP contribution in [0.4, 0.5) is 11.1 Å². The van der Waals surface area contributed by atoms with E-state index in [1.54, 1.807) is 6.20 Å². The number of aromatic nitrogens is 3. The molecule has 0 spiro atoms. The molecule has 1 unspecified atom stereocenters. The van der Waals surface area contributed by atoms with Gasteiger partial charge in [0, 0.05) is 13.1 Å². The molecule has 0 aromatic carbocycles. The molecule has 6 nitrogen and oxygen atoms in total. The molecule has 18 heavy (non-hydrogen) atoms. The molecular formula is C10H12ClN5OS. The van der Waals surface area contributed by atoms with Gasteiger partial charge < -0.3 is 15.1 Å². The molecule has 0 bridgehead atoms. The summed E-state index contributed by atoms with van der Waals surface area (Å²) in [5.41, 5.74) is 5.45. The van der Waals surface area contributed by atoms with E-state index in [4.69, 9.17) is 21.8 Å². The standard InChI is InChI=1S/C10H12ClN5OS/c11-7-4-13-10(18-7)16-3-1-2-6(5-16)8-14-15-9(12)17-8/h4,6H,1-3,5H2,(H2,12,15). The summed E-state index contributed by atoms with van der Waals surface area (Å²) >= 11 is 7.39. The molecule has 8 heteroatoms. The molecule has 3 heterocycles. The predicted octanol–water partition coefficient (Wildman–Crippen LogP) is 2.15. The van der Waals surface area contributed by atoms with Crippen LogP contribution in [0.2, 0.25) is 4.34 Å². The lowest BCUT2D eigenvalue weighted by Crippen LogP contribution is -2.34. The number of hydrogen-bond acceptors (Lipinski definition) is 7. The van der Waals surface area contributed by atoms with Gasteiger partial charge in [-0.2, -0.15) is 0 Å². The average Bonchev–Trinajstić information content (AvgIpc) is 2.98. The Morgan fingerprint density at radius 1 is 1.50 bits per heavy atom. The number of hydrogen-bond donors (Lipinski definition) is 1. The number of nitrogen functional groups attached to an aromatic ring is 1. The Kier molecular flexibility index (Phi) is 3.09. The normalized spacial score (nSPS) is 20.3. The molecule has 0 aliphatic carbocycles. The first kappa shape index (κ1) is 11.7. The Labute approximate surface area is 113 Å². The van der Waals surface area contributed by atoms with E-state index >= 15 is 0 Å². The summed E-state index contributed by atoms with van der Waals surface area (Å²) in [5.74, 6) is 0.825. The van der Waals surface area contributed by atoms with E-state index in [-0.39, 0.29) is 11.9 Å². The number of halogens is 1. The van der Waals surface area contributed by atoms with Gasteiger partial charge in [0.2, 0.25) is 5.89 Å². The molecule has 3 rings (SSSR count). The first-order valence-corrected chi connectivity index (χ1v) is 6.87. The fourth-order valence-electron chi connectivity index (χ4n) is 2.16. The Morgan fingerprint density at radius 2 is 2.39 bits per heavy atom. The van der Waals surface area contributed by atoms with E-state index in [2.05, 4.69) is 20.1 Å². The number of nitrogens with two attached hydrogens (primary N) is 1. The van der Waals surface area contributed by atoms with Crippen LogP contribution in [0.1, 0.15) is 24.7 Å². The molecule has 96 valence electrons. The SMILES string of the molecule is Nc1nnc(C2CCCN(c3ncc(Cl)s3)C2)o1. The minimum atomic E-state index is 0.124. The van der Waals surface area contributed by atoms with Crippen molar-refractivity contribution in [3.05, 3.63) is 16.4 Å². The number of rotatable bonds is 2. The number of piperidine rings is 1. The van der Waals surface area contributed by atoms with Crippen LogP contribution in [0, 0.1) is 0 Å². The first-order valence-electron chi connectivity index (χ1n) is 5.67. The van der Waals surface area contributed by atoms with Crippen molar-refractivity contribution in [2.24, 2.45) is 0 Å². The molecule has 2 aromatic heterocycles. The minimum absolute atomic E-state index is 0.124. The summed E-state index contributed by atoms with van der Waals surface area (Å²) < 4.78 is 6.00. The van der Waals surface area contributed by atoms with Crippen molar-refractivity contribution >= 4 is 34.1 Å². The van der Waals surface area contributed by atoms with Crippen LogP contribution in [0.5, 0.6) is 0 Å². The summed E-state index contributed by atoms with van der Waals surface area (Å²) in [6, 6.07) is 0.124. The van der Waals surface area contributed by atoms with Crippen molar-refractivity contribution in [1.82, 2.24) is 15.2 Å². The summed E-state index contributed by atoms with van der Waals surface area (Å²) in [6.45, 7) is 1.79. The smallest absolute Gasteiger partial charge is 0.312 e. The van der Waals surface area contributed by atoms with Crippen LogP contribution in [0.15, 0.2) is 10.6 Å². The third-order valence-electron chi connectivity index (χ3n) is 2.96. The monoisotopic (exact) mass is 285 g/mol. The van der Waals surface area contributed by atoms with Crippen LogP contribution in [0.25, 0.3) is 0 Å². The maximum absolute atomic E-state index is 5.91. The first-order chi connectivity index (χ1) is 8.72. The molecule has 1 aliphatic rings. The predicted molar refractivity (Wildman–Crippen MR) is 70.0 cm³/mol. The van der Waals surface area contributed by atoms with E-state index in [0.29, 0.717) is 10.2 Å². The summed E-state index contributed by atoms with van der Waals surface area (Å²) in [5, 5.41) is 8.61. The molecule has 0 amide bonds. The molecule has 2 aromatic rings. The Bertz CT molecular complexity index is 496. The topological polar surface area (TPSA) is 81.1 Å². The van der Waals surface area contributed by atoms with Gasteiger partial charge in [0.15, 0.2) is 5.13 Å². The highest BCUT2D eigenvalue weighted by atomic mass is 35.5. The molecule has 1 aliphatic heterocycles. The van der Waals surface area contributed by atoms with E-state index in [1.807, 2.05) is 0 Å². The second kappa shape index (κ2) is 4.74. The quantitative estimate of drug-likeness (QED) is 0.910. The van der Waals surface area contributed by atoms with Gasteiger partial charge in [0.05, 0.1) is 12.1 Å². The molecule has 1 saturated heterocycles. The maximum atomic E-state index is 5.91. The van der Waals surface area contributed by atoms with Gasteiger partial charge in [-0.25, -0.2) is 4.98 Å². The minimum Gasteiger partial charge on any atom is -0.408 e. The Morgan fingerprint density at radius 3 is 3.06 bits per heavy atom. The Hall–Kier alpha value is -1.34. The van der Waals surface area contributed by atoms with Crippen molar-refractivity contribution in [3.8, 4) is 0 Å². The van der Waals surface area contributed by atoms with E-state index in [1.165, 1.54) is 11.3 Å². The van der Waals surface area contributed by atoms with Gasteiger partial charge in [0.1, 0.15) is 4.34 Å². The number of nitrogens with zero attached hydrogens (tertiary/aromatic N) is 4. The fourth-order valence-corrected chi connectivity index (χ4v) is 3.09. The highest BCUT2D eigenvalue weighted by Gasteiger charge is 2.27. The van der Waals surface area contributed by atoms with Gasteiger partial charge in [-0.15, -0.1) is 5.10 Å². The molecule has 0 radical (unpaired) electrons. The maximum Gasteiger partial charge on any atom is 0.312 e. The van der Waals surface area contributed by atoms with Crippen molar-refractivity contribution in [2.45, 2.75) is 18.8 Å². The summed E-state index contributed by atoms with van der Waals surface area (Å²) in [7, 11) is 0. The van der Waals surface area contributed by atoms with Crippen LogP contribution in [-0.2, 0) is 0 Å². The zero-order valence-electron chi connectivity index (χ0n) is 9.54. The summed E-state index contributed by atoms with van der Waals surface area (Å²) in [6.07, 6.45) is 3.76. The lowest BCUT2D eigenvalue weighted by molar-refractivity contribution is 0.406. The number of thiazole rings is 1. The van der Waals surface area contributed by atoms with Gasteiger partial charge in [-0.1, -0.05) is 28.0 Å². The fraction of sp³-hybridized carbons (Fsp3) is 0.500. The largest absolute Gasteiger partial charge is 0.408 e. The molecule has 1 fully saturated rings. The van der Waals surface area contributed by atoms with E-state index in [9.17, 15) is 0 Å². The molecule has 2 N–H and O–H groups in total. The highest BCUT2D eigenvalue weighted by molar-refractivity contribution is 7.19. The Balaban J connectivity index is 1.76. The molecule has 0 saturated carbocycles. The van der Waals surface area contributed by atoms with Crippen LogP contribution >= 0.6 is 22.9 Å². The third-order valence-corrected chi connectivity index (χ3v) is 4.14. The van der Waals surface area contributed by atoms with Gasteiger partial charge in [0.25, 0.3) is 0 Å². The highest BCUT2D eigenvalue weighted by Crippen LogP contribution is 2.32. The second-order valence-corrected chi connectivity index (χ2v) is 5.85. The van der Waals surface area contributed by atoms with E-state index in [0.717, 1.165) is 31.1 Å². The zero-order valence-corrected chi connectivity index (χ0v) is 11.1.